The normalized spacial score (nSPS) is 10.9. The highest BCUT2D eigenvalue weighted by Gasteiger charge is 2.19. The molecule has 0 aromatic carbocycles. The largest absolute Gasteiger partial charge is 0.492 e. The Morgan fingerprint density at radius 2 is 1.61 bits per heavy atom. The summed E-state index contributed by atoms with van der Waals surface area (Å²) in [5, 5.41) is 0. The van der Waals surface area contributed by atoms with Crippen molar-refractivity contribution in [2.45, 2.75) is 54.0 Å². The lowest BCUT2D eigenvalue weighted by Gasteiger charge is -2.23. The Bertz CT molecular complexity index is 260. The van der Waals surface area contributed by atoms with E-state index in [2.05, 4.69) is 13.2 Å². The summed E-state index contributed by atoms with van der Waals surface area (Å²) in [7, 11) is 0. The molecular weight excluding hydrogens is 224 g/mol. The zero-order valence-electron chi connectivity index (χ0n) is 13.3. The van der Waals surface area contributed by atoms with Crippen LogP contribution < -0.4 is 11.5 Å². The van der Waals surface area contributed by atoms with E-state index in [0.717, 1.165) is 0 Å². The van der Waals surface area contributed by atoms with Gasteiger partial charge in [-0.2, -0.15) is 0 Å². The van der Waals surface area contributed by atoms with Gasteiger partial charge in [-0.15, -0.1) is 0 Å². The Kier molecular flexibility index (Phi) is 15.0. The summed E-state index contributed by atoms with van der Waals surface area (Å²) in [4.78, 5) is 0. The van der Waals surface area contributed by atoms with E-state index in [1.807, 2.05) is 48.5 Å². The summed E-state index contributed by atoms with van der Waals surface area (Å²) in [6, 6.07) is 0. The topological polar surface area (TPSA) is 61.3 Å². The van der Waals surface area contributed by atoms with Gasteiger partial charge in [0.05, 0.1) is 12.3 Å². The van der Waals surface area contributed by atoms with Gasteiger partial charge < -0.3 is 16.2 Å². The molecular formula is C15H32N2O. The zero-order chi connectivity index (χ0) is 15.4. The first-order valence-electron chi connectivity index (χ1n) is 6.58. The van der Waals surface area contributed by atoms with Crippen LogP contribution in [0.2, 0.25) is 0 Å². The van der Waals surface area contributed by atoms with Crippen LogP contribution in [0.5, 0.6) is 0 Å². The lowest BCUT2D eigenvalue weighted by Crippen LogP contribution is -2.36. The van der Waals surface area contributed by atoms with Crippen molar-refractivity contribution in [2.75, 3.05) is 6.61 Å². The summed E-state index contributed by atoms with van der Waals surface area (Å²) >= 11 is 0. The molecule has 0 fully saturated rings. The quantitative estimate of drug-likeness (QED) is 0.582. The van der Waals surface area contributed by atoms with Crippen molar-refractivity contribution in [3.63, 3.8) is 0 Å². The minimum atomic E-state index is -0.546. The van der Waals surface area contributed by atoms with Crippen LogP contribution in [0.15, 0.2) is 36.3 Å². The first-order valence-corrected chi connectivity index (χ1v) is 6.58. The molecule has 0 atom stereocenters. The van der Waals surface area contributed by atoms with Crippen LogP contribution in [0.3, 0.4) is 0 Å². The molecule has 0 unspecified atom stereocenters. The molecule has 18 heavy (non-hydrogen) atoms. The van der Waals surface area contributed by atoms with Crippen LogP contribution in [-0.4, -0.2) is 12.1 Å². The number of allylic oxidation sites excluding steroid dienone is 1. The molecule has 4 N–H and O–H groups in total. The van der Waals surface area contributed by atoms with E-state index in [9.17, 15) is 0 Å². The van der Waals surface area contributed by atoms with Crippen molar-refractivity contribution in [3.05, 3.63) is 36.3 Å². The highest BCUT2D eigenvalue weighted by atomic mass is 16.5. The molecule has 0 heterocycles. The molecule has 3 nitrogen and oxygen atoms in total. The Balaban J connectivity index is -0.000000506. The molecule has 0 amide bonds. The predicted octanol–water partition coefficient (Wildman–Crippen LogP) is 3.73. The summed E-state index contributed by atoms with van der Waals surface area (Å²) in [6.45, 7) is 21.6. The minimum absolute atomic E-state index is 0.467. The number of nitrogens with two attached hydrogens (primary N) is 2. The third-order valence-corrected chi connectivity index (χ3v) is 1.85. The lowest BCUT2D eigenvalue weighted by molar-refractivity contribution is 0.238. The third kappa shape index (κ3) is 8.88. The first kappa shape index (κ1) is 22.0. The molecule has 0 saturated carbocycles. The second-order valence-electron chi connectivity index (χ2n) is 3.62. The van der Waals surface area contributed by atoms with E-state index in [1.54, 1.807) is 6.08 Å². The Morgan fingerprint density at radius 3 is 1.83 bits per heavy atom. The van der Waals surface area contributed by atoms with Gasteiger partial charge in [-0.05, 0) is 32.4 Å². The van der Waals surface area contributed by atoms with Crippen LogP contribution in [0.25, 0.3) is 0 Å². The Morgan fingerprint density at radius 1 is 1.22 bits per heavy atom. The molecule has 0 aromatic rings. The Labute approximate surface area is 114 Å². The van der Waals surface area contributed by atoms with Gasteiger partial charge in [0.2, 0.25) is 0 Å². The highest BCUT2D eigenvalue weighted by Crippen LogP contribution is 2.19. The van der Waals surface area contributed by atoms with Gasteiger partial charge in [-0.3, -0.25) is 0 Å². The number of hydrogen-bond donors (Lipinski definition) is 2. The average molecular weight is 256 g/mol. The van der Waals surface area contributed by atoms with Crippen molar-refractivity contribution in [1.82, 2.24) is 0 Å². The fourth-order valence-corrected chi connectivity index (χ4v) is 0.898. The predicted molar refractivity (Wildman–Crippen MR) is 83.1 cm³/mol. The second-order valence-corrected chi connectivity index (χ2v) is 3.62. The third-order valence-electron chi connectivity index (χ3n) is 1.85. The van der Waals surface area contributed by atoms with Crippen molar-refractivity contribution in [3.8, 4) is 0 Å². The maximum Gasteiger partial charge on any atom is 0.141 e. The van der Waals surface area contributed by atoms with E-state index in [0.29, 0.717) is 23.6 Å². The van der Waals surface area contributed by atoms with Gasteiger partial charge in [-0.25, -0.2) is 0 Å². The SMILES string of the molecule is C=C/C(OCC)=C(/N)C(=C)C(C)(C)N.CC.CC. The van der Waals surface area contributed by atoms with Gasteiger partial charge in [0.25, 0.3) is 0 Å². The number of rotatable bonds is 5. The van der Waals surface area contributed by atoms with Crippen molar-refractivity contribution < 1.29 is 4.74 Å². The fourth-order valence-electron chi connectivity index (χ4n) is 0.898. The molecule has 108 valence electrons. The zero-order valence-corrected chi connectivity index (χ0v) is 13.3. The van der Waals surface area contributed by atoms with Gasteiger partial charge in [0.1, 0.15) is 5.76 Å². The summed E-state index contributed by atoms with van der Waals surface area (Å²) in [6.07, 6.45) is 1.57. The van der Waals surface area contributed by atoms with Crippen LogP contribution in [-0.2, 0) is 4.74 Å². The monoisotopic (exact) mass is 256 g/mol. The van der Waals surface area contributed by atoms with E-state index >= 15 is 0 Å². The molecule has 0 aliphatic heterocycles. The number of hydrogen-bond acceptors (Lipinski definition) is 3. The van der Waals surface area contributed by atoms with Crippen LogP contribution in [0.1, 0.15) is 48.5 Å². The van der Waals surface area contributed by atoms with Crippen molar-refractivity contribution in [1.29, 1.82) is 0 Å². The van der Waals surface area contributed by atoms with E-state index in [1.165, 1.54) is 0 Å². The average Bonchev–Trinajstić information content (AvgIpc) is 2.38. The van der Waals surface area contributed by atoms with Crippen molar-refractivity contribution >= 4 is 0 Å². The summed E-state index contributed by atoms with van der Waals surface area (Å²) < 4.78 is 5.29. The second kappa shape index (κ2) is 12.2. The lowest BCUT2D eigenvalue weighted by atomic mass is 9.94. The Hall–Kier alpha value is -1.22. The highest BCUT2D eigenvalue weighted by molar-refractivity contribution is 5.38. The standard InChI is InChI=1S/C11H20N2O.2C2H6/c1-6-9(14-7-2)10(12)8(3)11(4,5)13;2*1-2/h6H,1,3,7,12-13H2,2,4-5H3;2*1-2H3/b10-9-;;. The van der Waals surface area contributed by atoms with E-state index in [4.69, 9.17) is 16.2 Å². The number of ether oxygens (including phenoxy) is 1. The summed E-state index contributed by atoms with van der Waals surface area (Å²) in [5.41, 5.74) is 12.3. The molecule has 0 spiro atoms. The van der Waals surface area contributed by atoms with Crippen molar-refractivity contribution in [2.24, 2.45) is 11.5 Å². The van der Waals surface area contributed by atoms with E-state index in [-0.39, 0.29) is 0 Å². The first-order chi connectivity index (χ1) is 8.34. The molecule has 3 heteroatoms. The molecule has 0 aliphatic carbocycles. The van der Waals surface area contributed by atoms with E-state index < -0.39 is 5.54 Å². The van der Waals surface area contributed by atoms with Crippen LogP contribution >= 0.6 is 0 Å². The van der Waals surface area contributed by atoms with Crippen LogP contribution in [0.4, 0.5) is 0 Å². The van der Waals surface area contributed by atoms with Gasteiger partial charge >= 0.3 is 0 Å². The maximum absolute atomic E-state index is 5.86. The maximum atomic E-state index is 5.86. The van der Waals surface area contributed by atoms with Gasteiger partial charge in [0, 0.05) is 5.54 Å². The summed E-state index contributed by atoms with van der Waals surface area (Å²) in [5.74, 6) is 0.538. The molecule has 0 bridgehead atoms. The van der Waals surface area contributed by atoms with Crippen LogP contribution in [0, 0.1) is 0 Å². The molecule has 0 saturated heterocycles. The van der Waals surface area contributed by atoms with Gasteiger partial charge in [-0.1, -0.05) is 40.9 Å². The molecule has 0 radical (unpaired) electrons. The fraction of sp³-hybridized carbons (Fsp3) is 0.600. The minimum Gasteiger partial charge on any atom is -0.492 e. The molecule has 0 aliphatic rings. The smallest absolute Gasteiger partial charge is 0.141 e. The molecule has 0 aromatic heterocycles. The van der Waals surface area contributed by atoms with Gasteiger partial charge in [0.15, 0.2) is 0 Å². The molecule has 0 rings (SSSR count).